The lowest BCUT2D eigenvalue weighted by molar-refractivity contribution is -0.137. The SMILES string of the molecule is CC(C)CONC(=O)c1ccc(C(F)(F)F)cc1. The number of halogens is 3. The van der Waals surface area contributed by atoms with Gasteiger partial charge < -0.3 is 0 Å². The summed E-state index contributed by atoms with van der Waals surface area (Å²) in [4.78, 5) is 16.4. The zero-order valence-electron chi connectivity index (χ0n) is 10.0. The Hall–Kier alpha value is -1.56. The van der Waals surface area contributed by atoms with Gasteiger partial charge in [-0.1, -0.05) is 13.8 Å². The maximum atomic E-state index is 12.3. The normalized spacial score (nSPS) is 11.7. The maximum Gasteiger partial charge on any atom is 0.416 e. The average Bonchev–Trinajstić information content (AvgIpc) is 2.27. The van der Waals surface area contributed by atoms with E-state index in [0.717, 1.165) is 24.3 Å². The van der Waals surface area contributed by atoms with Crippen molar-refractivity contribution >= 4 is 5.91 Å². The lowest BCUT2D eigenvalue weighted by Crippen LogP contribution is -2.25. The molecule has 1 N–H and O–H groups in total. The molecule has 3 nitrogen and oxygen atoms in total. The Morgan fingerprint density at radius 1 is 1.28 bits per heavy atom. The second-order valence-electron chi connectivity index (χ2n) is 4.21. The fraction of sp³-hybridized carbons (Fsp3) is 0.417. The third-order valence-corrected chi connectivity index (χ3v) is 2.06. The summed E-state index contributed by atoms with van der Waals surface area (Å²) in [5, 5.41) is 0. The summed E-state index contributed by atoms with van der Waals surface area (Å²) in [5.41, 5.74) is 1.50. The number of hydrogen-bond donors (Lipinski definition) is 1. The van der Waals surface area contributed by atoms with Gasteiger partial charge in [-0.15, -0.1) is 0 Å². The molecule has 0 aromatic heterocycles. The van der Waals surface area contributed by atoms with E-state index in [4.69, 9.17) is 4.84 Å². The molecule has 100 valence electrons. The second-order valence-corrected chi connectivity index (χ2v) is 4.21. The van der Waals surface area contributed by atoms with Crippen molar-refractivity contribution < 1.29 is 22.8 Å². The number of rotatable bonds is 4. The minimum Gasteiger partial charge on any atom is -0.273 e. The molecule has 1 aromatic carbocycles. The minimum atomic E-state index is -4.40. The van der Waals surface area contributed by atoms with Crippen LogP contribution in [0.2, 0.25) is 0 Å². The van der Waals surface area contributed by atoms with E-state index in [-0.39, 0.29) is 11.5 Å². The van der Waals surface area contributed by atoms with Gasteiger partial charge in [0.2, 0.25) is 0 Å². The van der Waals surface area contributed by atoms with Crippen LogP contribution in [0.25, 0.3) is 0 Å². The van der Waals surface area contributed by atoms with Gasteiger partial charge in [-0.25, -0.2) is 5.48 Å². The molecule has 0 atom stereocenters. The third-order valence-electron chi connectivity index (χ3n) is 2.06. The number of nitrogens with one attached hydrogen (secondary N) is 1. The summed E-state index contributed by atoms with van der Waals surface area (Å²) in [6.07, 6.45) is -4.40. The quantitative estimate of drug-likeness (QED) is 0.846. The van der Waals surface area contributed by atoms with Crippen molar-refractivity contribution in [3.63, 3.8) is 0 Å². The molecule has 1 rings (SSSR count). The molecule has 0 saturated heterocycles. The van der Waals surface area contributed by atoms with E-state index < -0.39 is 17.6 Å². The molecule has 1 amide bonds. The molecular weight excluding hydrogens is 247 g/mol. The van der Waals surface area contributed by atoms with E-state index in [1.807, 2.05) is 13.8 Å². The molecule has 0 aliphatic heterocycles. The van der Waals surface area contributed by atoms with Gasteiger partial charge in [0.25, 0.3) is 5.91 Å². The summed E-state index contributed by atoms with van der Waals surface area (Å²) < 4.78 is 36.9. The van der Waals surface area contributed by atoms with E-state index in [1.165, 1.54) is 0 Å². The van der Waals surface area contributed by atoms with Crippen molar-refractivity contribution in [3.05, 3.63) is 35.4 Å². The molecule has 0 fully saturated rings. The molecule has 0 bridgehead atoms. The van der Waals surface area contributed by atoms with Crippen molar-refractivity contribution in [2.45, 2.75) is 20.0 Å². The lowest BCUT2D eigenvalue weighted by atomic mass is 10.1. The van der Waals surface area contributed by atoms with Crippen LogP contribution in [0, 0.1) is 5.92 Å². The Morgan fingerprint density at radius 2 is 1.83 bits per heavy atom. The fourth-order valence-electron chi connectivity index (χ4n) is 1.14. The molecule has 18 heavy (non-hydrogen) atoms. The fourth-order valence-corrected chi connectivity index (χ4v) is 1.14. The number of carbonyl (C=O) groups is 1. The van der Waals surface area contributed by atoms with Crippen LogP contribution in [0.15, 0.2) is 24.3 Å². The number of alkyl halides is 3. The first kappa shape index (κ1) is 14.5. The topological polar surface area (TPSA) is 38.3 Å². The summed E-state index contributed by atoms with van der Waals surface area (Å²) in [6.45, 7) is 4.15. The molecule has 0 aliphatic rings. The number of hydrogen-bond acceptors (Lipinski definition) is 2. The first-order valence-electron chi connectivity index (χ1n) is 5.40. The Labute approximate surface area is 103 Å². The van der Waals surface area contributed by atoms with Crippen LogP contribution in [0.5, 0.6) is 0 Å². The first-order chi connectivity index (χ1) is 8.30. The molecule has 0 saturated carbocycles. The number of amides is 1. The highest BCUT2D eigenvalue weighted by atomic mass is 19.4. The minimum absolute atomic E-state index is 0.117. The molecule has 0 aliphatic carbocycles. The highest BCUT2D eigenvalue weighted by Gasteiger charge is 2.30. The molecule has 0 radical (unpaired) electrons. The molecule has 1 aromatic rings. The summed E-state index contributed by atoms with van der Waals surface area (Å²) in [5.74, 6) is -0.317. The summed E-state index contributed by atoms with van der Waals surface area (Å²) in [6, 6.07) is 3.93. The standard InChI is InChI=1S/C12H14F3NO2/c1-8(2)7-18-16-11(17)9-3-5-10(6-4-9)12(13,14)15/h3-6,8H,7H2,1-2H3,(H,16,17). The van der Waals surface area contributed by atoms with Crippen LogP contribution in [0.1, 0.15) is 29.8 Å². The zero-order valence-corrected chi connectivity index (χ0v) is 10.0. The summed E-state index contributed by atoms with van der Waals surface area (Å²) >= 11 is 0. The Balaban J connectivity index is 2.60. The van der Waals surface area contributed by atoms with Gasteiger partial charge in [0.05, 0.1) is 12.2 Å². The summed E-state index contributed by atoms with van der Waals surface area (Å²) in [7, 11) is 0. The van der Waals surface area contributed by atoms with Gasteiger partial charge in [0.15, 0.2) is 0 Å². The van der Waals surface area contributed by atoms with Crippen LogP contribution >= 0.6 is 0 Å². The van der Waals surface area contributed by atoms with Crippen molar-refractivity contribution in [1.29, 1.82) is 0 Å². The maximum absolute atomic E-state index is 12.3. The first-order valence-corrected chi connectivity index (χ1v) is 5.40. The van der Waals surface area contributed by atoms with Gasteiger partial charge in [-0.3, -0.25) is 9.63 Å². The number of carbonyl (C=O) groups excluding carboxylic acids is 1. The van der Waals surface area contributed by atoms with Gasteiger partial charge in [-0.2, -0.15) is 13.2 Å². The van der Waals surface area contributed by atoms with Crippen LogP contribution in [-0.2, 0) is 11.0 Å². The zero-order chi connectivity index (χ0) is 13.8. The monoisotopic (exact) mass is 261 g/mol. The van der Waals surface area contributed by atoms with Crippen molar-refractivity contribution in [3.8, 4) is 0 Å². The van der Waals surface area contributed by atoms with Crippen LogP contribution in [0.3, 0.4) is 0 Å². The van der Waals surface area contributed by atoms with Crippen LogP contribution in [0.4, 0.5) is 13.2 Å². The molecule has 0 unspecified atom stereocenters. The molecule has 0 heterocycles. The van der Waals surface area contributed by atoms with Gasteiger partial charge in [-0.05, 0) is 30.2 Å². The molecule has 0 spiro atoms. The Morgan fingerprint density at radius 3 is 2.28 bits per heavy atom. The highest BCUT2D eigenvalue weighted by Crippen LogP contribution is 2.28. The second kappa shape index (κ2) is 5.86. The van der Waals surface area contributed by atoms with Crippen LogP contribution < -0.4 is 5.48 Å². The number of benzene rings is 1. The van der Waals surface area contributed by atoms with E-state index in [0.29, 0.717) is 6.61 Å². The van der Waals surface area contributed by atoms with Crippen molar-refractivity contribution in [2.75, 3.05) is 6.61 Å². The van der Waals surface area contributed by atoms with Gasteiger partial charge in [0.1, 0.15) is 0 Å². The highest BCUT2D eigenvalue weighted by molar-refractivity contribution is 5.93. The van der Waals surface area contributed by atoms with E-state index in [9.17, 15) is 18.0 Å². The van der Waals surface area contributed by atoms with Crippen molar-refractivity contribution in [2.24, 2.45) is 5.92 Å². The van der Waals surface area contributed by atoms with E-state index >= 15 is 0 Å². The van der Waals surface area contributed by atoms with Crippen LogP contribution in [-0.4, -0.2) is 12.5 Å². The average molecular weight is 261 g/mol. The molecule has 6 heteroatoms. The smallest absolute Gasteiger partial charge is 0.273 e. The van der Waals surface area contributed by atoms with Gasteiger partial charge >= 0.3 is 6.18 Å². The van der Waals surface area contributed by atoms with E-state index in [1.54, 1.807) is 0 Å². The lowest BCUT2D eigenvalue weighted by Gasteiger charge is -2.09. The molecular formula is C12H14F3NO2. The predicted molar refractivity (Wildman–Crippen MR) is 59.7 cm³/mol. The Bertz CT molecular complexity index is 399. The largest absolute Gasteiger partial charge is 0.416 e. The van der Waals surface area contributed by atoms with Gasteiger partial charge in [0, 0.05) is 5.56 Å². The Kier molecular flexibility index (Phi) is 4.72. The third kappa shape index (κ3) is 4.37. The van der Waals surface area contributed by atoms with Crippen molar-refractivity contribution in [1.82, 2.24) is 5.48 Å². The number of hydroxylamine groups is 1. The predicted octanol–water partition coefficient (Wildman–Crippen LogP) is 3.02. The van der Waals surface area contributed by atoms with E-state index in [2.05, 4.69) is 5.48 Å².